The van der Waals surface area contributed by atoms with Crippen LogP contribution in [-0.2, 0) is 0 Å². The average Bonchev–Trinajstić information content (AvgIpc) is 2.46. The molecule has 2 aromatic carbocycles. The number of hydrogen-bond donors (Lipinski definition) is 0. The smallest absolute Gasteiger partial charge is 0.122 e. The Labute approximate surface area is 108 Å². The maximum atomic E-state index is 5.30. The minimum absolute atomic E-state index is 0.315. The van der Waals surface area contributed by atoms with Crippen LogP contribution in [0.15, 0.2) is 48.5 Å². The van der Waals surface area contributed by atoms with Crippen molar-refractivity contribution in [3.63, 3.8) is 0 Å². The zero-order valence-electron chi connectivity index (χ0n) is 11.0. The lowest BCUT2D eigenvalue weighted by atomic mass is 9.93. The van der Waals surface area contributed by atoms with Crippen LogP contribution < -0.4 is 9.47 Å². The van der Waals surface area contributed by atoms with E-state index in [0.29, 0.717) is 5.92 Å². The van der Waals surface area contributed by atoms with Gasteiger partial charge in [-0.25, -0.2) is 0 Å². The van der Waals surface area contributed by atoms with Crippen LogP contribution in [-0.4, -0.2) is 14.2 Å². The van der Waals surface area contributed by atoms with Gasteiger partial charge in [0.2, 0.25) is 0 Å². The first kappa shape index (κ1) is 12.5. The Kier molecular flexibility index (Phi) is 3.88. The van der Waals surface area contributed by atoms with Crippen molar-refractivity contribution in [2.24, 2.45) is 0 Å². The van der Waals surface area contributed by atoms with E-state index in [1.165, 1.54) is 11.1 Å². The van der Waals surface area contributed by atoms with E-state index in [0.717, 1.165) is 11.5 Å². The zero-order chi connectivity index (χ0) is 13.0. The fourth-order valence-corrected chi connectivity index (χ4v) is 2.01. The molecule has 0 amide bonds. The Hall–Kier alpha value is -1.96. The van der Waals surface area contributed by atoms with E-state index in [-0.39, 0.29) is 0 Å². The molecule has 2 heteroatoms. The van der Waals surface area contributed by atoms with Crippen molar-refractivity contribution in [2.45, 2.75) is 12.8 Å². The Morgan fingerprint density at radius 3 is 1.83 bits per heavy atom. The van der Waals surface area contributed by atoms with Crippen molar-refractivity contribution in [1.29, 1.82) is 0 Å². The third kappa shape index (κ3) is 2.65. The predicted molar refractivity (Wildman–Crippen MR) is 73.5 cm³/mol. The van der Waals surface area contributed by atoms with E-state index in [1.807, 2.05) is 12.1 Å². The lowest BCUT2D eigenvalue weighted by Crippen LogP contribution is -1.98. The van der Waals surface area contributed by atoms with Crippen LogP contribution in [0.5, 0.6) is 11.5 Å². The highest BCUT2D eigenvalue weighted by Crippen LogP contribution is 2.30. The molecule has 0 aliphatic heterocycles. The molecule has 2 rings (SSSR count). The average molecular weight is 242 g/mol. The van der Waals surface area contributed by atoms with Crippen molar-refractivity contribution >= 4 is 0 Å². The summed E-state index contributed by atoms with van der Waals surface area (Å²) in [5.41, 5.74) is 2.48. The van der Waals surface area contributed by atoms with Crippen LogP contribution in [0.25, 0.3) is 0 Å². The highest BCUT2D eigenvalue weighted by atomic mass is 16.5. The van der Waals surface area contributed by atoms with E-state index in [4.69, 9.17) is 9.47 Å². The summed E-state index contributed by atoms with van der Waals surface area (Å²) in [6, 6.07) is 16.4. The monoisotopic (exact) mass is 242 g/mol. The highest BCUT2D eigenvalue weighted by Gasteiger charge is 2.11. The molecule has 0 unspecified atom stereocenters. The molecule has 94 valence electrons. The summed E-state index contributed by atoms with van der Waals surface area (Å²) in [4.78, 5) is 0. The highest BCUT2D eigenvalue weighted by molar-refractivity contribution is 5.43. The molecule has 0 saturated heterocycles. The number of hydrogen-bond acceptors (Lipinski definition) is 2. The topological polar surface area (TPSA) is 18.5 Å². The molecule has 0 aliphatic rings. The number of ether oxygens (including phenoxy) is 2. The van der Waals surface area contributed by atoms with Crippen LogP contribution in [0, 0.1) is 0 Å². The zero-order valence-corrected chi connectivity index (χ0v) is 11.0. The second-order valence-electron chi connectivity index (χ2n) is 4.28. The molecule has 2 aromatic rings. The standard InChI is InChI=1S/C16H18O2/c1-12(13-7-5-4-6-8-13)14-9-15(17-2)11-16(10-14)18-3/h4-12H,1-3H3/t12-/m1/s1. The maximum Gasteiger partial charge on any atom is 0.122 e. The molecule has 0 radical (unpaired) electrons. The van der Waals surface area contributed by atoms with Gasteiger partial charge in [-0.1, -0.05) is 37.3 Å². The lowest BCUT2D eigenvalue weighted by molar-refractivity contribution is 0.393. The molecule has 0 saturated carbocycles. The van der Waals surface area contributed by atoms with Gasteiger partial charge in [0.25, 0.3) is 0 Å². The van der Waals surface area contributed by atoms with E-state index in [2.05, 4.69) is 43.3 Å². The Morgan fingerprint density at radius 2 is 1.33 bits per heavy atom. The van der Waals surface area contributed by atoms with E-state index in [9.17, 15) is 0 Å². The van der Waals surface area contributed by atoms with E-state index < -0.39 is 0 Å². The van der Waals surface area contributed by atoms with Crippen LogP contribution in [0.4, 0.5) is 0 Å². The quantitative estimate of drug-likeness (QED) is 0.810. The molecule has 0 bridgehead atoms. The SMILES string of the molecule is COc1cc(OC)cc([C@H](C)c2ccccc2)c1. The molecule has 18 heavy (non-hydrogen) atoms. The Morgan fingerprint density at radius 1 is 0.778 bits per heavy atom. The van der Waals surface area contributed by atoms with Gasteiger partial charge < -0.3 is 9.47 Å². The molecule has 0 fully saturated rings. The molecular formula is C16H18O2. The number of benzene rings is 2. The van der Waals surface area contributed by atoms with Gasteiger partial charge in [-0.05, 0) is 23.3 Å². The minimum atomic E-state index is 0.315. The second kappa shape index (κ2) is 5.58. The summed E-state index contributed by atoms with van der Waals surface area (Å²) in [5.74, 6) is 1.97. The summed E-state index contributed by atoms with van der Waals surface area (Å²) in [7, 11) is 3.34. The van der Waals surface area contributed by atoms with Gasteiger partial charge in [-0.2, -0.15) is 0 Å². The van der Waals surface area contributed by atoms with Crippen molar-refractivity contribution in [2.75, 3.05) is 14.2 Å². The molecular weight excluding hydrogens is 224 g/mol. The summed E-state index contributed by atoms with van der Waals surface area (Å²) in [6.07, 6.45) is 0. The lowest BCUT2D eigenvalue weighted by Gasteiger charge is -2.15. The van der Waals surface area contributed by atoms with Crippen LogP contribution >= 0.6 is 0 Å². The number of rotatable bonds is 4. The molecule has 0 aliphatic carbocycles. The molecule has 0 N–H and O–H groups in total. The molecule has 1 atom stereocenters. The van der Waals surface area contributed by atoms with E-state index >= 15 is 0 Å². The van der Waals surface area contributed by atoms with Gasteiger partial charge in [-0.3, -0.25) is 0 Å². The second-order valence-corrected chi connectivity index (χ2v) is 4.28. The summed E-state index contributed by atoms with van der Waals surface area (Å²) >= 11 is 0. The van der Waals surface area contributed by atoms with Crippen molar-refractivity contribution in [3.05, 3.63) is 59.7 Å². The third-order valence-corrected chi connectivity index (χ3v) is 3.17. The van der Waals surface area contributed by atoms with Gasteiger partial charge in [-0.15, -0.1) is 0 Å². The summed E-state index contributed by atoms with van der Waals surface area (Å²) < 4.78 is 10.6. The molecule has 0 aromatic heterocycles. The third-order valence-electron chi connectivity index (χ3n) is 3.17. The van der Waals surface area contributed by atoms with Crippen LogP contribution in [0.2, 0.25) is 0 Å². The van der Waals surface area contributed by atoms with Gasteiger partial charge in [0.15, 0.2) is 0 Å². The molecule has 2 nitrogen and oxygen atoms in total. The van der Waals surface area contributed by atoms with Crippen LogP contribution in [0.3, 0.4) is 0 Å². The van der Waals surface area contributed by atoms with Crippen molar-refractivity contribution in [1.82, 2.24) is 0 Å². The summed E-state index contributed by atoms with van der Waals surface area (Å²) in [5, 5.41) is 0. The normalized spacial score (nSPS) is 11.9. The first-order chi connectivity index (χ1) is 8.74. The van der Waals surface area contributed by atoms with Crippen molar-refractivity contribution in [3.8, 4) is 11.5 Å². The maximum absolute atomic E-state index is 5.30. The molecule has 0 heterocycles. The number of methoxy groups -OCH3 is 2. The first-order valence-electron chi connectivity index (χ1n) is 6.02. The minimum Gasteiger partial charge on any atom is -0.497 e. The largest absolute Gasteiger partial charge is 0.497 e. The predicted octanol–water partition coefficient (Wildman–Crippen LogP) is 3.86. The van der Waals surface area contributed by atoms with Gasteiger partial charge >= 0.3 is 0 Å². The van der Waals surface area contributed by atoms with Gasteiger partial charge in [0.1, 0.15) is 11.5 Å². The summed E-state index contributed by atoms with van der Waals surface area (Å²) in [6.45, 7) is 2.18. The Bertz CT molecular complexity index is 484. The van der Waals surface area contributed by atoms with Gasteiger partial charge in [0.05, 0.1) is 14.2 Å². The fourth-order valence-electron chi connectivity index (χ4n) is 2.01. The van der Waals surface area contributed by atoms with Gasteiger partial charge in [0, 0.05) is 12.0 Å². The first-order valence-corrected chi connectivity index (χ1v) is 6.02. The Balaban J connectivity index is 2.38. The van der Waals surface area contributed by atoms with E-state index in [1.54, 1.807) is 14.2 Å². The van der Waals surface area contributed by atoms with Crippen molar-refractivity contribution < 1.29 is 9.47 Å². The van der Waals surface area contributed by atoms with Crippen LogP contribution in [0.1, 0.15) is 24.0 Å². The fraction of sp³-hybridized carbons (Fsp3) is 0.250. The molecule has 0 spiro atoms.